The molecule has 98 valence electrons. The summed E-state index contributed by atoms with van der Waals surface area (Å²) in [7, 11) is 0. The largest absolute Gasteiger partial charge is 0.349 e. The van der Waals surface area contributed by atoms with Gasteiger partial charge in [-0.25, -0.2) is 0 Å². The monoisotopic (exact) mass is 255 g/mol. The van der Waals surface area contributed by atoms with Crippen LogP contribution in [0.15, 0.2) is 24.4 Å². The van der Waals surface area contributed by atoms with Crippen LogP contribution in [0.4, 0.5) is 0 Å². The van der Waals surface area contributed by atoms with Crippen molar-refractivity contribution < 1.29 is 4.79 Å². The maximum Gasteiger partial charge on any atom is 0.184 e. The smallest absolute Gasteiger partial charge is 0.184 e. The van der Waals surface area contributed by atoms with Crippen molar-refractivity contribution in [3.63, 3.8) is 0 Å². The molecule has 0 saturated carbocycles. The van der Waals surface area contributed by atoms with E-state index in [1.54, 1.807) is 22.9 Å². The van der Waals surface area contributed by atoms with Gasteiger partial charge in [-0.1, -0.05) is 0 Å². The van der Waals surface area contributed by atoms with Crippen LogP contribution in [-0.2, 0) is 13.1 Å². The van der Waals surface area contributed by atoms with E-state index < -0.39 is 0 Å². The van der Waals surface area contributed by atoms with E-state index in [9.17, 15) is 4.79 Å². The fourth-order valence-corrected chi connectivity index (χ4v) is 2.46. The number of Topliss-reactive ketones (excluding diaryl/α,β-unsaturated/α-hetero) is 1. The second-order valence-corrected chi connectivity index (χ2v) is 4.59. The Hall–Kier alpha value is -2.28. The zero-order valence-electron chi connectivity index (χ0n) is 11.5. The van der Waals surface area contributed by atoms with Gasteiger partial charge in [0.15, 0.2) is 5.78 Å². The molecule has 0 aromatic carbocycles. The molecule has 0 saturated heterocycles. The zero-order valence-corrected chi connectivity index (χ0v) is 11.5. The maximum atomic E-state index is 12.3. The summed E-state index contributed by atoms with van der Waals surface area (Å²) in [5, 5.41) is 8.95. The van der Waals surface area contributed by atoms with Gasteiger partial charge in [-0.15, -0.1) is 0 Å². The van der Waals surface area contributed by atoms with Gasteiger partial charge in [-0.05, 0) is 39.0 Å². The molecule has 2 aromatic heterocycles. The summed E-state index contributed by atoms with van der Waals surface area (Å²) in [5.41, 5.74) is 3.35. The van der Waals surface area contributed by atoms with E-state index in [4.69, 9.17) is 5.26 Å². The molecule has 0 unspecified atom stereocenters. The lowest BCUT2D eigenvalue weighted by Crippen LogP contribution is -2.12. The van der Waals surface area contributed by atoms with Crippen molar-refractivity contribution >= 4 is 5.78 Å². The second-order valence-electron chi connectivity index (χ2n) is 4.59. The summed E-state index contributed by atoms with van der Waals surface area (Å²) in [4.78, 5) is 12.3. The van der Waals surface area contributed by atoms with Gasteiger partial charge in [0.25, 0.3) is 0 Å². The fraction of sp³-hybridized carbons (Fsp3) is 0.333. The van der Waals surface area contributed by atoms with E-state index in [0.717, 1.165) is 23.5 Å². The van der Waals surface area contributed by atoms with E-state index in [0.29, 0.717) is 5.69 Å². The molecule has 0 atom stereocenters. The Labute approximate surface area is 112 Å². The van der Waals surface area contributed by atoms with E-state index in [-0.39, 0.29) is 12.3 Å². The first-order valence-electron chi connectivity index (χ1n) is 6.33. The first-order chi connectivity index (χ1) is 9.08. The Morgan fingerprint density at radius 3 is 2.74 bits per heavy atom. The van der Waals surface area contributed by atoms with Gasteiger partial charge >= 0.3 is 0 Å². The number of rotatable bonds is 4. The van der Waals surface area contributed by atoms with Gasteiger partial charge in [-0.3, -0.25) is 4.79 Å². The molecule has 0 bridgehead atoms. The number of carbonyl (C=O) groups excluding carboxylic acids is 1. The molecule has 2 heterocycles. The molecule has 0 amide bonds. The molecule has 0 aliphatic carbocycles. The standard InChI is InChI=1S/C15H17N3O/c1-4-18-11(2)8-14(12(18)3)15(19)10-17-7-5-6-13(17)9-16/h5-8H,4,10H2,1-3H3. The number of nitrogens with zero attached hydrogens (tertiary/aromatic N) is 3. The minimum absolute atomic E-state index is 0.0421. The molecule has 2 aromatic rings. The number of aromatic nitrogens is 2. The molecular weight excluding hydrogens is 238 g/mol. The lowest BCUT2D eigenvalue weighted by Gasteiger charge is -2.06. The predicted molar refractivity (Wildman–Crippen MR) is 73.1 cm³/mol. The van der Waals surface area contributed by atoms with Crippen LogP contribution in [0.1, 0.15) is 34.4 Å². The van der Waals surface area contributed by atoms with Crippen LogP contribution >= 0.6 is 0 Å². The van der Waals surface area contributed by atoms with Crippen molar-refractivity contribution in [3.05, 3.63) is 47.0 Å². The Bertz CT molecular complexity index is 655. The number of carbonyl (C=O) groups is 1. The molecule has 0 N–H and O–H groups in total. The van der Waals surface area contributed by atoms with E-state index in [1.807, 2.05) is 19.9 Å². The minimum atomic E-state index is 0.0421. The number of ketones is 1. The van der Waals surface area contributed by atoms with Gasteiger partial charge in [0.05, 0.1) is 6.54 Å². The number of hydrogen-bond donors (Lipinski definition) is 0. The number of nitriles is 1. The van der Waals surface area contributed by atoms with Crippen molar-refractivity contribution in [3.8, 4) is 6.07 Å². The van der Waals surface area contributed by atoms with Crippen LogP contribution in [0.2, 0.25) is 0 Å². The van der Waals surface area contributed by atoms with Crippen molar-refractivity contribution in [2.45, 2.75) is 33.9 Å². The molecule has 0 aliphatic heterocycles. The van der Waals surface area contributed by atoms with Crippen molar-refractivity contribution in [1.29, 1.82) is 5.26 Å². The van der Waals surface area contributed by atoms with Crippen LogP contribution in [0.5, 0.6) is 0 Å². The topological polar surface area (TPSA) is 50.7 Å². The predicted octanol–water partition coefficient (Wildman–Crippen LogP) is 2.68. The van der Waals surface area contributed by atoms with E-state index in [1.165, 1.54) is 0 Å². The van der Waals surface area contributed by atoms with Crippen molar-refractivity contribution in [2.24, 2.45) is 0 Å². The molecular formula is C15H17N3O. The lowest BCUT2D eigenvalue weighted by atomic mass is 10.1. The van der Waals surface area contributed by atoms with Gasteiger partial charge in [0.2, 0.25) is 0 Å². The summed E-state index contributed by atoms with van der Waals surface area (Å²) in [6.45, 7) is 7.10. The highest BCUT2D eigenvalue weighted by atomic mass is 16.1. The highest BCUT2D eigenvalue weighted by molar-refractivity contribution is 5.97. The first kappa shape index (κ1) is 13.2. The van der Waals surface area contributed by atoms with Crippen LogP contribution in [-0.4, -0.2) is 14.9 Å². The Kier molecular flexibility index (Phi) is 3.57. The molecule has 2 rings (SSSR count). The average molecular weight is 255 g/mol. The van der Waals surface area contributed by atoms with Gasteiger partial charge in [0.1, 0.15) is 11.8 Å². The molecule has 4 heteroatoms. The normalized spacial score (nSPS) is 10.4. The van der Waals surface area contributed by atoms with E-state index >= 15 is 0 Å². The quantitative estimate of drug-likeness (QED) is 0.789. The molecule has 4 nitrogen and oxygen atoms in total. The summed E-state index contributed by atoms with van der Waals surface area (Å²) < 4.78 is 3.80. The highest BCUT2D eigenvalue weighted by Crippen LogP contribution is 2.16. The van der Waals surface area contributed by atoms with Crippen LogP contribution < -0.4 is 0 Å². The van der Waals surface area contributed by atoms with Crippen LogP contribution in [0, 0.1) is 25.2 Å². The molecule has 0 radical (unpaired) electrons. The first-order valence-corrected chi connectivity index (χ1v) is 6.33. The van der Waals surface area contributed by atoms with Gasteiger partial charge < -0.3 is 9.13 Å². The van der Waals surface area contributed by atoms with Crippen LogP contribution in [0.25, 0.3) is 0 Å². The number of aryl methyl sites for hydroxylation is 1. The lowest BCUT2D eigenvalue weighted by molar-refractivity contribution is 0.0971. The van der Waals surface area contributed by atoms with Crippen LogP contribution in [0.3, 0.4) is 0 Å². The van der Waals surface area contributed by atoms with Crippen molar-refractivity contribution in [2.75, 3.05) is 0 Å². The summed E-state index contributed by atoms with van der Waals surface area (Å²) in [5.74, 6) is 0.0421. The van der Waals surface area contributed by atoms with Gasteiger partial charge in [0, 0.05) is 29.7 Å². The summed E-state index contributed by atoms with van der Waals surface area (Å²) in [6, 6.07) is 7.50. The number of hydrogen-bond acceptors (Lipinski definition) is 2. The molecule has 0 fully saturated rings. The Morgan fingerprint density at radius 2 is 2.16 bits per heavy atom. The fourth-order valence-electron chi connectivity index (χ4n) is 2.46. The SMILES string of the molecule is CCn1c(C)cc(C(=O)Cn2cccc2C#N)c1C. The second kappa shape index (κ2) is 5.15. The molecule has 19 heavy (non-hydrogen) atoms. The molecule has 0 spiro atoms. The Morgan fingerprint density at radius 1 is 1.42 bits per heavy atom. The van der Waals surface area contributed by atoms with Gasteiger partial charge in [-0.2, -0.15) is 5.26 Å². The minimum Gasteiger partial charge on any atom is -0.349 e. The highest BCUT2D eigenvalue weighted by Gasteiger charge is 2.16. The summed E-state index contributed by atoms with van der Waals surface area (Å²) >= 11 is 0. The Balaban J connectivity index is 2.29. The maximum absolute atomic E-state index is 12.3. The van der Waals surface area contributed by atoms with E-state index in [2.05, 4.69) is 17.6 Å². The zero-order chi connectivity index (χ0) is 14.0. The summed E-state index contributed by atoms with van der Waals surface area (Å²) in [6.07, 6.45) is 1.76. The molecule has 0 aliphatic rings. The third-order valence-electron chi connectivity index (χ3n) is 3.45. The van der Waals surface area contributed by atoms with Crippen molar-refractivity contribution in [1.82, 2.24) is 9.13 Å². The third kappa shape index (κ3) is 2.32. The third-order valence-corrected chi connectivity index (χ3v) is 3.45. The average Bonchev–Trinajstić information content (AvgIpc) is 2.94.